The molecule has 0 unspecified atom stereocenters. The van der Waals surface area contributed by atoms with Crippen LogP contribution in [0.1, 0.15) is 133 Å². The van der Waals surface area contributed by atoms with E-state index in [4.69, 9.17) is 0 Å². The summed E-state index contributed by atoms with van der Waals surface area (Å²) in [6, 6.07) is 18.7. The molecule has 0 bridgehead atoms. The first kappa shape index (κ1) is 43.8. The zero-order chi connectivity index (χ0) is 28.4. The summed E-state index contributed by atoms with van der Waals surface area (Å²) in [5.41, 5.74) is 8.66. The molecule has 3 radical (unpaired) electrons. The molecule has 40 heavy (non-hydrogen) atoms. The van der Waals surface area contributed by atoms with E-state index in [1.54, 1.807) is 6.55 Å². The largest absolute Gasteiger partial charge is 4.00 e. The Bertz CT molecular complexity index is 1130. The monoisotopic (exact) mass is 673 g/mol. The van der Waals surface area contributed by atoms with Crippen LogP contribution in [0, 0.1) is 13.8 Å². The van der Waals surface area contributed by atoms with Gasteiger partial charge in [0.2, 0.25) is 0 Å². The van der Waals surface area contributed by atoms with Crippen LogP contribution in [0.4, 0.5) is 0 Å². The van der Waals surface area contributed by atoms with Crippen molar-refractivity contribution < 1.29 is 51.0 Å². The molecule has 0 aliphatic rings. The Morgan fingerprint density at radius 1 is 0.550 bits per heavy atom. The maximum absolute atomic E-state index is 2.97. The molecule has 4 aromatic carbocycles. The molecule has 219 valence electrons. The van der Waals surface area contributed by atoms with Crippen molar-refractivity contribution in [2.45, 2.75) is 120 Å². The Labute approximate surface area is 282 Å². The summed E-state index contributed by atoms with van der Waals surface area (Å²) in [4.78, 5) is 0. The van der Waals surface area contributed by atoms with Crippen molar-refractivity contribution in [1.29, 1.82) is 0 Å². The Balaban J connectivity index is -0.000000554. The fourth-order valence-corrected chi connectivity index (χ4v) is 4.67. The third-order valence-electron chi connectivity index (χ3n) is 6.62. The normalized spacial score (nSPS) is 10.2. The quantitative estimate of drug-likeness (QED) is 0.188. The molecule has 4 aromatic rings. The van der Waals surface area contributed by atoms with E-state index in [-0.39, 0.29) is 51.0 Å². The molecule has 4 rings (SSSR count). The van der Waals surface area contributed by atoms with Crippen LogP contribution in [-0.4, -0.2) is 10.2 Å². The maximum Gasteiger partial charge on any atom is 4.00 e. The number of aryl methyl sites for hydroxylation is 2. The fraction of sp³-hybridized carbons (Fsp3) is 0.500. The molecule has 0 fully saturated rings. The molecule has 0 aliphatic carbocycles. The van der Waals surface area contributed by atoms with Crippen LogP contribution in [0.3, 0.4) is 0 Å². The van der Waals surface area contributed by atoms with Crippen molar-refractivity contribution in [3.63, 3.8) is 0 Å². The number of fused-ring (bicyclic) bond motifs is 2. The fourth-order valence-electron chi connectivity index (χ4n) is 4.67. The van der Waals surface area contributed by atoms with Gasteiger partial charge in [0.15, 0.2) is 0 Å². The summed E-state index contributed by atoms with van der Waals surface area (Å²) in [6.45, 7) is 28.6. The molecular formula is C36H53Cl2SiZr. The molecule has 0 amide bonds. The van der Waals surface area contributed by atoms with Crippen molar-refractivity contribution in [3.05, 3.63) is 81.9 Å². The van der Waals surface area contributed by atoms with Gasteiger partial charge in [0.1, 0.15) is 0 Å². The minimum Gasteiger partial charge on any atom is -1.00 e. The SMILES string of the molecule is CCC.C[Si].Cc1cc2c(C(C)C)cc(C(C)C)cc2[cH-]1.Cc1cc2c(C(C)C)cc(C(C)C)cc2[cH-]1.[Cl-].[Cl-].[Zr+4]. The molecule has 0 heterocycles. The van der Waals surface area contributed by atoms with Gasteiger partial charge in [0.25, 0.3) is 0 Å². The molecule has 0 aliphatic heterocycles. The molecular weight excluding hydrogens is 623 g/mol. The van der Waals surface area contributed by atoms with Crippen LogP contribution in [0.15, 0.2) is 48.5 Å². The Kier molecular flexibility index (Phi) is 23.1. The van der Waals surface area contributed by atoms with Crippen LogP contribution < -0.4 is 24.8 Å². The number of halogens is 2. The van der Waals surface area contributed by atoms with Crippen molar-refractivity contribution in [2.75, 3.05) is 0 Å². The van der Waals surface area contributed by atoms with Crippen molar-refractivity contribution >= 4 is 31.8 Å². The Morgan fingerprint density at radius 3 is 1.05 bits per heavy atom. The minimum atomic E-state index is 0. The van der Waals surface area contributed by atoms with Gasteiger partial charge in [-0.2, -0.15) is 12.1 Å². The molecule has 0 aromatic heterocycles. The average Bonchev–Trinajstić information content (AvgIpc) is 3.39. The Hall–Kier alpha value is -0.660. The van der Waals surface area contributed by atoms with Gasteiger partial charge < -0.3 is 24.8 Å². The smallest absolute Gasteiger partial charge is 1.00 e. The summed E-state index contributed by atoms with van der Waals surface area (Å²) in [6.07, 6.45) is 1.25. The molecule has 0 saturated heterocycles. The Morgan fingerprint density at radius 2 is 0.825 bits per heavy atom. The van der Waals surface area contributed by atoms with E-state index in [1.165, 1.54) is 61.3 Å². The summed E-state index contributed by atoms with van der Waals surface area (Å²) in [7, 11) is 2.97. The molecule has 0 nitrogen and oxygen atoms in total. The molecule has 4 heteroatoms. The van der Waals surface area contributed by atoms with E-state index >= 15 is 0 Å². The van der Waals surface area contributed by atoms with Crippen LogP contribution in [-0.2, 0) is 26.2 Å². The molecule has 0 saturated carbocycles. The number of hydrogen-bond acceptors (Lipinski definition) is 0. The zero-order valence-electron chi connectivity index (χ0n) is 27.4. The predicted octanol–water partition coefficient (Wildman–Crippen LogP) is 5.85. The van der Waals surface area contributed by atoms with E-state index in [0.29, 0.717) is 23.7 Å². The van der Waals surface area contributed by atoms with Crippen molar-refractivity contribution in [3.8, 4) is 0 Å². The van der Waals surface area contributed by atoms with Gasteiger partial charge in [0, 0.05) is 10.2 Å². The van der Waals surface area contributed by atoms with Gasteiger partial charge in [-0.05, 0) is 23.7 Å². The van der Waals surface area contributed by atoms with E-state index in [9.17, 15) is 0 Å². The minimum absolute atomic E-state index is 0. The third kappa shape index (κ3) is 12.3. The first-order chi connectivity index (χ1) is 17.4. The van der Waals surface area contributed by atoms with E-state index in [1.807, 2.05) is 0 Å². The standard InChI is InChI=1S/2C16H21.C3H8.CH3Si.2ClH.Zr/c2*1-10(2)13-8-14-6-12(5)7-16(14)15(9-13)11(3)4;1-3-2;1-2;;;/h2*6-11H,1-5H3;3H2,1-2H3;1H3;2*1H;/q2*-1;;;;;+4/p-2. The van der Waals surface area contributed by atoms with Crippen molar-refractivity contribution in [2.24, 2.45) is 0 Å². The topological polar surface area (TPSA) is 0 Å². The van der Waals surface area contributed by atoms with Gasteiger partial charge in [-0.15, -0.1) is 56.9 Å². The zero-order valence-corrected chi connectivity index (χ0v) is 32.4. The summed E-state index contributed by atoms with van der Waals surface area (Å²) in [5.74, 6) is 2.42. The summed E-state index contributed by atoms with van der Waals surface area (Å²) < 4.78 is 0. The van der Waals surface area contributed by atoms with Gasteiger partial charge in [-0.1, -0.05) is 130 Å². The number of hydrogen-bond donors (Lipinski definition) is 0. The number of benzene rings is 2. The summed E-state index contributed by atoms with van der Waals surface area (Å²) >= 11 is 0. The van der Waals surface area contributed by atoms with E-state index in [0.717, 1.165) is 0 Å². The van der Waals surface area contributed by atoms with Crippen LogP contribution in [0.25, 0.3) is 21.5 Å². The first-order valence-corrected chi connectivity index (χ1v) is 15.3. The van der Waals surface area contributed by atoms with Gasteiger partial charge in [-0.3, -0.25) is 0 Å². The molecule has 0 atom stereocenters. The van der Waals surface area contributed by atoms with Gasteiger partial charge in [0.05, 0.1) is 0 Å². The average molecular weight is 676 g/mol. The summed E-state index contributed by atoms with van der Waals surface area (Å²) in [5, 5.41) is 5.70. The molecule has 0 N–H and O–H groups in total. The second kappa shape index (κ2) is 21.1. The predicted molar refractivity (Wildman–Crippen MR) is 172 cm³/mol. The maximum atomic E-state index is 2.97. The van der Waals surface area contributed by atoms with Crippen molar-refractivity contribution in [1.82, 2.24) is 0 Å². The number of rotatable bonds is 4. The van der Waals surface area contributed by atoms with Gasteiger partial charge in [-0.25, -0.2) is 0 Å². The molecule has 0 spiro atoms. The third-order valence-corrected chi connectivity index (χ3v) is 6.62. The van der Waals surface area contributed by atoms with E-state index in [2.05, 4.69) is 142 Å². The first-order valence-electron chi connectivity index (χ1n) is 14.3. The van der Waals surface area contributed by atoms with Crippen LogP contribution >= 0.6 is 0 Å². The second-order valence-corrected chi connectivity index (χ2v) is 11.6. The second-order valence-electron chi connectivity index (χ2n) is 11.6. The van der Waals surface area contributed by atoms with E-state index < -0.39 is 0 Å². The van der Waals surface area contributed by atoms with Gasteiger partial charge >= 0.3 is 26.2 Å². The van der Waals surface area contributed by atoms with Crippen LogP contribution in [0.5, 0.6) is 0 Å². The van der Waals surface area contributed by atoms with Crippen LogP contribution in [0.2, 0.25) is 6.55 Å².